The fraction of sp³-hybridized carbons (Fsp3) is 0.350. The Morgan fingerprint density at radius 2 is 1.92 bits per heavy atom. The van der Waals surface area contributed by atoms with Gasteiger partial charge in [0.1, 0.15) is 16.3 Å². The molecule has 0 fully saturated rings. The van der Waals surface area contributed by atoms with E-state index in [1.807, 2.05) is 12.1 Å². The highest BCUT2D eigenvalue weighted by Crippen LogP contribution is 2.32. The molecule has 136 valence electrons. The van der Waals surface area contributed by atoms with Gasteiger partial charge >= 0.3 is 5.97 Å². The fourth-order valence-corrected chi connectivity index (χ4v) is 3.93. The molecule has 0 unspecified atom stereocenters. The van der Waals surface area contributed by atoms with E-state index in [1.54, 1.807) is 18.2 Å². The smallest absolute Gasteiger partial charge is 0.350 e. The van der Waals surface area contributed by atoms with Gasteiger partial charge in [0.2, 0.25) is 0 Å². The third-order valence-corrected chi connectivity index (χ3v) is 5.46. The van der Waals surface area contributed by atoms with E-state index in [0.29, 0.717) is 33.5 Å². The number of ether oxygens (including phenoxy) is 1. The Bertz CT molecular complexity index is 975. The van der Waals surface area contributed by atoms with Gasteiger partial charge in [-0.2, -0.15) is 0 Å². The van der Waals surface area contributed by atoms with E-state index in [1.165, 1.54) is 16.9 Å². The van der Waals surface area contributed by atoms with Crippen molar-refractivity contribution in [1.82, 2.24) is 9.38 Å². The zero-order chi connectivity index (χ0) is 19.1. The Morgan fingerprint density at radius 3 is 2.46 bits per heavy atom. The second-order valence-electron chi connectivity index (χ2n) is 7.15. The highest BCUT2D eigenvalue weighted by molar-refractivity contribution is 7.19. The van der Waals surface area contributed by atoms with Crippen molar-refractivity contribution in [3.8, 4) is 11.3 Å². The van der Waals surface area contributed by atoms with Crippen LogP contribution < -0.4 is 0 Å². The van der Waals surface area contributed by atoms with E-state index in [-0.39, 0.29) is 11.4 Å². The summed E-state index contributed by atoms with van der Waals surface area (Å²) >= 11 is 1.24. The van der Waals surface area contributed by atoms with Crippen molar-refractivity contribution in [3.05, 3.63) is 46.1 Å². The minimum atomic E-state index is -0.381. The van der Waals surface area contributed by atoms with E-state index in [2.05, 4.69) is 37.9 Å². The second kappa shape index (κ2) is 6.68. The van der Waals surface area contributed by atoms with E-state index in [0.717, 1.165) is 11.8 Å². The molecule has 0 saturated heterocycles. The van der Waals surface area contributed by atoms with Gasteiger partial charge in [0.05, 0.1) is 6.61 Å². The number of nitrogens with zero attached hydrogens (tertiary/aromatic N) is 2. The number of aromatic nitrogens is 2. The summed E-state index contributed by atoms with van der Waals surface area (Å²) in [5, 5.41) is 0. The fourth-order valence-electron chi connectivity index (χ4n) is 2.91. The Morgan fingerprint density at radius 1 is 1.27 bits per heavy atom. The van der Waals surface area contributed by atoms with Crippen LogP contribution in [0.4, 0.5) is 0 Å². The number of hydrogen-bond donors (Lipinski definition) is 0. The van der Waals surface area contributed by atoms with Crippen molar-refractivity contribution < 1.29 is 14.3 Å². The monoisotopic (exact) mass is 370 g/mol. The summed E-state index contributed by atoms with van der Waals surface area (Å²) in [6, 6.07) is 8.10. The minimum absolute atomic E-state index is 0.0612. The lowest BCUT2D eigenvalue weighted by Gasteiger charge is -2.19. The molecular formula is C20H22N2O3S. The van der Waals surface area contributed by atoms with Crippen molar-refractivity contribution in [3.63, 3.8) is 0 Å². The topological polar surface area (TPSA) is 60.7 Å². The molecule has 0 amide bonds. The SMILES string of the molecule is CCOC(=O)c1sc2nc(-c3ccc(C(C)(C)C)cc3)c(C=O)n2c1C. The van der Waals surface area contributed by atoms with Crippen LogP contribution in [0.2, 0.25) is 0 Å². The summed E-state index contributed by atoms with van der Waals surface area (Å²) in [5.74, 6) is -0.381. The first-order valence-corrected chi connectivity index (χ1v) is 9.34. The highest BCUT2D eigenvalue weighted by atomic mass is 32.1. The average molecular weight is 370 g/mol. The van der Waals surface area contributed by atoms with Gasteiger partial charge in [0.25, 0.3) is 0 Å². The Hall–Kier alpha value is -2.47. The number of imidazole rings is 1. The molecule has 0 N–H and O–H groups in total. The predicted molar refractivity (Wildman–Crippen MR) is 103 cm³/mol. The molecule has 6 heteroatoms. The lowest BCUT2D eigenvalue weighted by Crippen LogP contribution is -2.10. The Balaban J connectivity index is 2.10. The number of esters is 1. The second-order valence-corrected chi connectivity index (χ2v) is 8.12. The summed E-state index contributed by atoms with van der Waals surface area (Å²) in [6.45, 7) is 10.4. The van der Waals surface area contributed by atoms with Crippen LogP contribution in [0.25, 0.3) is 16.2 Å². The number of benzene rings is 1. The predicted octanol–water partition coefficient (Wildman–Crippen LogP) is 4.66. The number of aryl methyl sites for hydroxylation is 1. The number of thiazole rings is 1. The molecule has 2 heterocycles. The maximum absolute atomic E-state index is 12.1. The van der Waals surface area contributed by atoms with Gasteiger partial charge in [0.15, 0.2) is 11.2 Å². The molecule has 0 spiro atoms. The van der Waals surface area contributed by atoms with Gasteiger partial charge in [-0.1, -0.05) is 56.4 Å². The van der Waals surface area contributed by atoms with Crippen LogP contribution in [0.1, 0.15) is 59.1 Å². The van der Waals surface area contributed by atoms with Crippen LogP contribution in [-0.4, -0.2) is 28.2 Å². The summed E-state index contributed by atoms with van der Waals surface area (Å²) in [7, 11) is 0. The van der Waals surface area contributed by atoms with Gasteiger partial charge < -0.3 is 4.74 Å². The summed E-state index contributed by atoms with van der Waals surface area (Å²) in [4.78, 5) is 29.6. The molecule has 5 nitrogen and oxygen atoms in total. The molecule has 1 aromatic carbocycles. The first kappa shape index (κ1) is 18.3. The van der Waals surface area contributed by atoms with Crippen molar-refractivity contribution in [1.29, 1.82) is 0 Å². The third kappa shape index (κ3) is 3.05. The number of aldehydes is 1. The number of hydrogen-bond acceptors (Lipinski definition) is 5. The molecule has 0 saturated carbocycles. The number of carbonyl (C=O) groups is 2. The van der Waals surface area contributed by atoms with E-state index >= 15 is 0 Å². The van der Waals surface area contributed by atoms with Crippen LogP contribution in [0.3, 0.4) is 0 Å². The molecule has 2 aromatic heterocycles. The first-order valence-electron chi connectivity index (χ1n) is 8.53. The molecule has 0 aliphatic rings. The summed E-state index contributed by atoms with van der Waals surface area (Å²) < 4.78 is 6.82. The van der Waals surface area contributed by atoms with Gasteiger partial charge in [-0.15, -0.1) is 0 Å². The number of carbonyl (C=O) groups excluding carboxylic acids is 2. The molecule has 0 bridgehead atoms. The van der Waals surface area contributed by atoms with Crippen LogP contribution in [0, 0.1) is 6.92 Å². The van der Waals surface area contributed by atoms with Crippen LogP contribution in [0.5, 0.6) is 0 Å². The molecule has 3 aromatic rings. The lowest BCUT2D eigenvalue weighted by atomic mass is 9.86. The van der Waals surface area contributed by atoms with Gasteiger partial charge in [-0.3, -0.25) is 9.20 Å². The maximum atomic E-state index is 12.1. The standard InChI is InChI=1S/C20H22N2O3S/c1-6-25-18(24)17-12(2)22-15(11-23)16(21-19(22)26-17)13-7-9-14(10-8-13)20(3,4)5/h7-11H,6H2,1-5H3. The lowest BCUT2D eigenvalue weighted by molar-refractivity contribution is 0.0530. The van der Waals surface area contributed by atoms with Crippen molar-refractivity contribution in [2.75, 3.05) is 6.61 Å². The van der Waals surface area contributed by atoms with E-state index < -0.39 is 0 Å². The quantitative estimate of drug-likeness (QED) is 0.495. The zero-order valence-electron chi connectivity index (χ0n) is 15.6. The van der Waals surface area contributed by atoms with Crippen LogP contribution in [-0.2, 0) is 10.2 Å². The normalized spacial score (nSPS) is 11.7. The van der Waals surface area contributed by atoms with Gasteiger partial charge in [0, 0.05) is 11.3 Å². The van der Waals surface area contributed by atoms with E-state index in [4.69, 9.17) is 4.74 Å². The Kier molecular flexibility index (Phi) is 4.71. The molecular weight excluding hydrogens is 348 g/mol. The minimum Gasteiger partial charge on any atom is -0.462 e. The largest absolute Gasteiger partial charge is 0.462 e. The molecule has 26 heavy (non-hydrogen) atoms. The summed E-state index contributed by atoms with van der Waals surface area (Å²) in [6.07, 6.45) is 0.793. The molecule has 0 aliphatic heterocycles. The molecule has 0 radical (unpaired) electrons. The van der Waals surface area contributed by atoms with Crippen molar-refractivity contribution >= 4 is 28.6 Å². The van der Waals surface area contributed by atoms with E-state index in [9.17, 15) is 9.59 Å². The first-order chi connectivity index (χ1) is 12.3. The third-order valence-electron chi connectivity index (χ3n) is 4.34. The van der Waals surface area contributed by atoms with Gasteiger partial charge in [-0.25, -0.2) is 9.78 Å². The average Bonchev–Trinajstić information content (AvgIpc) is 3.11. The molecule has 3 rings (SSSR count). The summed E-state index contributed by atoms with van der Waals surface area (Å²) in [5.41, 5.74) is 3.92. The Labute approximate surface area is 156 Å². The zero-order valence-corrected chi connectivity index (χ0v) is 16.4. The van der Waals surface area contributed by atoms with Gasteiger partial charge in [-0.05, 0) is 24.8 Å². The molecule has 0 aliphatic carbocycles. The van der Waals surface area contributed by atoms with Crippen molar-refractivity contribution in [2.24, 2.45) is 0 Å². The van der Waals surface area contributed by atoms with Crippen LogP contribution in [0.15, 0.2) is 24.3 Å². The number of fused-ring (bicyclic) bond motifs is 1. The van der Waals surface area contributed by atoms with Crippen molar-refractivity contribution in [2.45, 2.75) is 40.0 Å². The van der Waals surface area contributed by atoms with Crippen LogP contribution >= 0.6 is 11.3 Å². The molecule has 0 atom stereocenters. The highest BCUT2D eigenvalue weighted by Gasteiger charge is 2.23. The maximum Gasteiger partial charge on any atom is 0.350 e. The number of rotatable bonds is 4.